The molecule has 0 aliphatic heterocycles. The predicted molar refractivity (Wildman–Crippen MR) is 109 cm³/mol. The number of guanidine groups is 1. The Labute approximate surface area is 162 Å². The van der Waals surface area contributed by atoms with Crippen LogP contribution in [0.4, 0.5) is 0 Å². The minimum Gasteiger partial charge on any atom is -0.492 e. The zero-order valence-electron chi connectivity index (χ0n) is 14.6. The second-order valence-electron chi connectivity index (χ2n) is 6.07. The molecule has 24 heavy (non-hydrogen) atoms. The lowest BCUT2D eigenvalue weighted by Gasteiger charge is -2.27. The first-order valence-corrected chi connectivity index (χ1v) is 8.59. The number of benzene rings is 1. The summed E-state index contributed by atoms with van der Waals surface area (Å²) in [6.07, 6.45) is 3.59. The van der Waals surface area contributed by atoms with E-state index in [0.717, 1.165) is 43.9 Å². The number of rotatable bonds is 6. The van der Waals surface area contributed by atoms with Crippen molar-refractivity contribution in [2.75, 3.05) is 19.7 Å². The van der Waals surface area contributed by atoms with Crippen LogP contribution in [0.2, 0.25) is 0 Å². The molecule has 3 N–H and O–H groups in total. The Balaban J connectivity index is 0.00000288. The van der Waals surface area contributed by atoms with E-state index in [1.54, 1.807) is 0 Å². The van der Waals surface area contributed by atoms with Crippen LogP contribution >= 0.6 is 24.0 Å². The second kappa shape index (κ2) is 11.5. The summed E-state index contributed by atoms with van der Waals surface area (Å²) < 4.78 is 5.70. The molecule has 2 rings (SSSR count). The molecule has 1 aromatic carbocycles. The number of aliphatic imine (C=N–C) groups is 1. The standard InChI is InChI=1S/C18H29N3O2.HI/c1-3-19-18(21-15-6-8-16(22)9-7-15)20-12-13-23-17-10-4-14(2)5-11-17;/h4-5,10-11,15-16,22H,3,6-9,12-13H2,1-2H3,(H2,19,20,21);1H. The largest absolute Gasteiger partial charge is 0.492 e. The number of aliphatic hydroxyl groups is 1. The Morgan fingerprint density at radius 3 is 2.50 bits per heavy atom. The van der Waals surface area contributed by atoms with Crippen LogP contribution in [0, 0.1) is 6.92 Å². The van der Waals surface area contributed by atoms with Gasteiger partial charge in [-0.3, -0.25) is 0 Å². The molecule has 0 saturated heterocycles. The zero-order chi connectivity index (χ0) is 16.5. The zero-order valence-corrected chi connectivity index (χ0v) is 17.0. The molecule has 5 nitrogen and oxygen atoms in total. The second-order valence-corrected chi connectivity index (χ2v) is 6.07. The van der Waals surface area contributed by atoms with Gasteiger partial charge < -0.3 is 20.5 Å². The van der Waals surface area contributed by atoms with Crippen LogP contribution in [0.25, 0.3) is 0 Å². The molecular weight excluding hydrogens is 417 g/mol. The average molecular weight is 447 g/mol. The fourth-order valence-electron chi connectivity index (χ4n) is 2.69. The third-order valence-electron chi connectivity index (χ3n) is 4.03. The van der Waals surface area contributed by atoms with E-state index in [4.69, 9.17) is 4.74 Å². The molecule has 0 amide bonds. The fraction of sp³-hybridized carbons (Fsp3) is 0.611. The van der Waals surface area contributed by atoms with Crippen LogP contribution in [-0.4, -0.2) is 42.9 Å². The molecule has 0 spiro atoms. The monoisotopic (exact) mass is 447 g/mol. The van der Waals surface area contributed by atoms with Crippen molar-refractivity contribution in [3.8, 4) is 5.75 Å². The van der Waals surface area contributed by atoms with Gasteiger partial charge in [-0.1, -0.05) is 17.7 Å². The van der Waals surface area contributed by atoms with Gasteiger partial charge in [-0.2, -0.15) is 0 Å². The summed E-state index contributed by atoms with van der Waals surface area (Å²) >= 11 is 0. The summed E-state index contributed by atoms with van der Waals surface area (Å²) in [6, 6.07) is 8.45. The van der Waals surface area contributed by atoms with Crippen molar-refractivity contribution < 1.29 is 9.84 Å². The van der Waals surface area contributed by atoms with E-state index < -0.39 is 0 Å². The SMILES string of the molecule is CCNC(=NCCOc1ccc(C)cc1)NC1CCC(O)CC1.I. The van der Waals surface area contributed by atoms with E-state index in [1.807, 2.05) is 24.3 Å². The van der Waals surface area contributed by atoms with Gasteiger partial charge in [-0.05, 0) is 51.7 Å². The third-order valence-corrected chi connectivity index (χ3v) is 4.03. The molecule has 0 heterocycles. The van der Waals surface area contributed by atoms with Gasteiger partial charge >= 0.3 is 0 Å². The van der Waals surface area contributed by atoms with E-state index in [9.17, 15) is 5.11 Å². The van der Waals surface area contributed by atoms with Crippen LogP contribution in [0.1, 0.15) is 38.2 Å². The first-order valence-electron chi connectivity index (χ1n) is 8.59. The topological polar surface area (TPSA) is 65.9 Å². The lowest BCUT2D eigenvalue weighted by molar-refractivity contribution is 0.120. The van der Waals surface area contributed by atoms with Crippen molar-refractivity contribution in [3.63, 3.8) is 0 Å². The predicted octanol–water partition coefficient (Wildman–Crippen LogP) is 2.85. The molecule has 1 saturated carbocycles. The minimum atomic E-state index is -0.129. The Kier molecular flexibility index (Phi) is 10.1. The van der Waals surface area contributed by atoms with E-state index >= 15 is 0 Å². The molecule has 136 valence electrons. The summed E-state index contributed by atoms with van der Waals surface area (Å²) in [5.74, 6) is 1.71. The molecule has 1 aliphatic carbocycles. The quantitative estimate of drug-likeness (QED) is 0.272. The molecule has 0 unspecified atom stereocenters. The highest BCUT2D eigenvalue weighted by molar-refractivity contribution is 14.0. The van der Waals surface area contributed by atoms with Crippen molar-refractivity contribution in [1.29, 1.82) is 0 Å². The summed E-state index contributed by atoms with van der Waals surface area (Å²) in [6.45, 7) is 6.12. The maximum Gasteiger partial charge on any atom is 0.191 e. The molecule has 1 fully saturated rings. The van der Waals surface area contributed by atoms with Crippen molar-refractivity contribution in [2.45, 2.75) is 51.7 Å². The molecule has 0 bridgehead atoms. The number of nitrogens with one attached hydrogen (secondary N) is 2. The van der Waals surface area contributed by atoms with Gasteiger partial charge in [0.15, 0.2) is 5.96 Å². The van der Waals surface area contributed by atoms with Crippen molar-refractivity contribution >= 4 is 29.9 Å². The number of halogens is 1. The highest BCUT2D eigenvalue weighted by Crippen LogP contribution is 2.18. The van der Waals surface area contributed by atoms with Gasteiger partial charge in [0, 0.05) is 12.6 Å². The lowest BCUT2D eigenvalue weighted by Crippen LogP contribution is -2.45. The minimum absolute atomic E-state index is 0. The van der Waals surface area contributed by atoms with Crippen molar-refractivity contribution in [1.82, 2.24) is 10.6 Å². The molecule has 1 aromatic rings. The number of nitrogens with zero attached hydrogens (tertiary/aromatic N) is 1. The normalized spacial score (nSPS) is 20.9. The summed E-state index contributed by atoms with van der Waals surface area (Å²) in [4.78, 5) is 4.57. The fourth-order valence-corrected chi connectivity index (χ4v) is 2.69. The molecule has 0 aromatic heterocycles. The van der Waals surface area contributed by atoms with Gasteiger partial charge in [-0.25, -0.2) is 4.99 Å². The molecule has 0 radical (unpaired) electrons. The number of hydrogen-bond donors (Lipinski definition) is 3. The Morgan fingerprint density at radius 2 is 1.88 bits per heavy atom. The molecule has 0 atom stereocenters. The van der Waals surface area contributed by atoms with Crippen molar-refractivity contribution in [2.24, 2.45) is 4.99 Å². The lowest BCUT2D eigenvalue weighted by atomic mass is 9.93. The summed E-state index contributed by atoms with van der Waals surface area (Å²) in [5.41, 5.74) is 1.23. The van der Waals surface area contributed by atoms with Gasteiger partial charge in [0.1, 0.15) is 12.4 Å². The molecule has 1 aliphatic rings. The number of ether oxygens (including phenoxy) is 1. The maximum atomic E-state index is 9.57. The van der Waals surface area contributed by atoms with Crippen LogP contribution in [-0.2, 0) is 0 Å². The van der Waals surface area contributed by atoms with E-state index in [1.165, 1.54) is 5.56 Å². The van der Waals surface area contributed by atoms with Crippen LogP contribution in [0.5, 0.6) is 5.75 Å². The van der Waals surface area contributed by atoms with Gasteiger partial charge in [-0.15, -0.1) is 24.0 Å². The number of aliphatic hydroxyl groups excluding tert-OH is 1. The smallest absolute Gasteiger partial charge is 0.191 e. The number of aryl methyl sites for hydroxylation is 1. The van der Waals surface area contributed by atoms with Gasteiger partial charge in [0.25, 0.3) is 0 Å². The Bertz CT molecular complexity index is 486. The average Bonchev–Trinajstić information content (AvgIpc) is 2.55. The highest BCUT2D eigenvalue weighted by atomic mass is 127. The number of hydrogen-bond acceptors (Lipinski definition) is 3. The van der Waals surface area contributed by atoms with Crippen LogP contribution in [0.15, 0.2) is 29.3 Å². The van der Waals surface area contributed by atoms with Gasteiger partial charge in [0.05, 0.1) is 12.6 Å². The van der Waals surface area contributed by atoms with Crippen molar-refractivity contribution in [3.05, 3.63) is 29.8 Å². The first-order chi connectivity index (χ1) is 11.2. The third kappa shape index (κ3) is 7.70. The highest BCUT2D eigenvalue weighted by Gasteiger charge is 2.19. The van der Waals surface area contributed by atoms with Gasteiger partial charge in [0.2, 0.25) is 0 Å². The Morgan fingerprint density at radius 1 is 1.21 bits per heavy atom. The molecular formula is C18H30IN3O2. The van der Waals surface area contributed by atoms with Crippen LogP contribution in [0.3, 0.4) is 0 Å². The maximum absolute atomic E-state index is 9.57. The van der Waals surface area contributed by atoms with E-state index in [-0.39, 0.29) is 30.1 Å². The Hall–Kier alpha value is -1.02. The summed E-state index contributed by atoms with van der Waals surface area (Å²) in [7, 11) is 0. The van der Waals surface area contributed by atoms with Crippen LogP contribution < -0.4 is 15.4 Å². The summed E-state index contributed by atoms with van der Waals surface area (Å²) in [5, 5.41) is 16.3. The van der Waals surface area contributed by atoms with E-state index in [2.05, 4.69) is 29.5 Å². The first kappa shape index (κ1) is 21.0. The molecule has 6 heteroatoms. The van der Waals surface area contributed by atoms with E-state index in [0.29, 0.717) is 19.2 Å².